The molecule has 0 unspecified atom stereocenters. The minimum Gasteiger partial charge on any atom is -0.457 e. The molecule has 0 saturated carbocycles. The first-order valence-electron chi connectivity index (χ1n) is 9.30. The summed E-state index contributed by atoms with van der Waals surface area (Å²) < 4.78 is 35.0. The van der Waals surface area contributed by atoms with Crippen molar-refractivity contribution in [1.82, 2.24) is 9.78 Å². The number of amides is 1. The van der Waals surface area contributed by atoms with E-state index < -0.39 is 23.2 Å². The number of para-hydroxylation sites is 2. The summed E-state index contributed by atoms with van der Waals surface area (Å²) in [5.41, 5.74) is 0.234. The van der Waals surface area contributed by atoms with Gasteiger partial charge >= 0.3 is 0 Å². The fraction of sp³-hybridized carbons (Fsp3) is 0.0435. The fourth-order valence-electron chi connectivity index (χ4n) is 2.93. The molecule has 0 atom stereocenters. The van der Waals surface area contributed by atoms with Crippen LogP contribution in [0.4, 0.5) is 14.5 Å². The van der Waals surface area contributed by atoms with E-state index in [4.69, 9.17) is 16.3 Å². The molecular weight excluding hydrogens is 424 g/mol. The SMILES string of the molecule is O=C(Nc1c(F)cccc1F)c1ccn(Cc2cc(Cl)ccc2Oc2ccccc2)n1. The summed E-state index contributed by atoms with van der Waals surface area (Å²) in [5.74, 6) is -1.21. The highest BCUT2D eigenvalue weighted by atomic mass is 35.5. The number of hydrogen-bond acceptors (Lipinski definition) is 3. The quantitative estimate of drug-likeness (QED) is 0.406. The number of carbonyl (C=O) groups is 1. The van der Waals surface area contributed by atoms with Crippen molar-refractivity contribution in [1.29, 1.82) is 0 Å². The lowest BCUT2D eigenvalue weighted by Gasteiger charge is -2.12. The summed E-state index contributed by atoms with van der Waals surface area (Å²) in [6.07, 6.45) is 1.58. The molecule has 0 saturated heterocycles. The van der Waals surface area contributed by atoms with Gasteiger partial charge in [0.05, 0.1) is 6.54 Å². The van der Waals surface area contributed by atoms with Crippen LogP contribution in [0.15, 0.2) is 79.0 Å². The highest BCUT2D eigenvalue weighted by Crippen LogP contribution is 2.28. The van der Waals surface area contributed by atoms with Crippen molar-refractivity contribution in [2.45, 2.75) is 6.54 Å². The zero-order chi connectivity index (χ0) is 21.8. The zero-order valence-electron chi connectivity index (χ0n) is 16.1. The van der Waals surface area contributed by atoms with Crippen LogP contribution in [0.2, 0.25) is 5.02 Å². The summed E-state index contributed by atoms with van der Waals surface area (Å²) in [6, 6.07) is 19.3. The van der Waals surface area contributed by atoms with Gasteiger partial charge in [0.2, 0.25) is 0 Å². The first kappa shape index (κ1) is 20.6. The molecule has 8 heteroatoms. The Morgan fingerprint density at radius 2 is 1.74 bits per heavy atom. The maximum atomic E-state index is 13.8. The summed E-state index contributed by atoms with van der Waals surface area (Å²) in [5, 5.41) is 6.94. The molecule has 5 nitrogen and oxygen atoms in total. The summed E-state index contributed by atoms with van der Waals surface area (Å²) in [4.78, 5) is 12.4. The number of halogens is 3. The van der Waals surface area contributed by atoms with E-state index >= 15 is 0 Å². The van der Waals surface area contributed by atoms with E-state index in [1.54, 1.807) is 24.4 Å². The molecule has 0 radical (unpaired) electrons. The first-order chi connectivity index (χ1) is 15.0. The van der Waals surface area contributed by atoms with Crippen molar-refractivity contribution in [3.63, 3.8) is 0 Å². The molecule has 156 valence electrons. The second-order valence-corrected chi connectivity index (χ2v) is 7.05. The predicted octanol–water partition coefficient (Wildman–Crippen LogP) is 5.91. The van der Waals surface area contributed by atoms with Gasteiger partial charge in [-0.05, 0) is 48.5 Å². The molecular formula is C23H16ClF2N3O2. The minimum atomic E-state index is -0.866. The Morgan fingerprint density at radius 3 is 2.48 bits per heavy atom. The Morgan fingerprint density at radius 1 is 1.00 bits per heavy atom. The Labute approximate surface area is 181 Å². The van der Waals surface area contributed by atoms with Gasteiger partial charge in [-0.15, -0.1) is 0 Å². The molecule has 4 aromatic rings. The third kappa shape index (κ3) is 4.90. The summed E-state index contributed by atoms with van der Waals surface area (Å²) in [6.45, 7) is 0.268. The van der Waals surface area contributed by atoms with Gasteiger partial charge in [-0.1, -0.05) is 35.9 Å². The molecule has 0 aliphatic rings. The number of anilines is 1. The molecule has 0 fully saturated rings. The molecule has 4 rings (SSSR count). The van der Waals surface area contributed by atoms with Crippen molar-refractivity contribution in [3.05, 3.63) is 107 Å². The highest BCUT2D eigenvalue weighted by Gasteiger charge is 2.16. The molecule has 1 aromatic heterocycles. The van der Waals surface area contributed by atoms with Gasteiger partial charge < -0.3 is 10.1 Å². The van der Waals surface area contributed by atoms with Crippen LogP contribution in [0.25, 0.3) is 0 Å². The van der Waals surface area contributed by atoms with E-state index in [0.717, 1.165) is 17.7 Å². The molecule has 31 heavy (non-hydrogen) atoms. The van der Waals surface area contributed by atoms with E-state index in [2.05, 4.69) is 10.4 Å². The number of ether oxygens (including phenoxy) is 1. The number of hydrogen-bond donors (Lipinski definition) is 1. The molecule has 1 heterocycles. The maximum absolute atomic E-state index is 13.8. The number of benzene rings is 3. The zero-order valence-corrected chi connectivity index (χ0v) is 16.8. The second-order valence-electron chi connectivity index (χ2n) is 6.62. The van der Waals surface area contributed by atoms with Gasteiger partial charge in [-0.2, -0.15) is 5.10 Å². The van der Waals surface area contributed by atoms with Gasteiger partial charge in [-0.25, -0.2) is 8.78 Å². The molecule has 1 amide bonds. The van der Waals surface area contributed by atoms with Crippen molar-refractivity contribution >= 4 is 23.2 Å². The number of nitrogens with one attached hydrogen (secondary N) is 1. The number of aromatic nitrogens is 2. The third-order valence-corrected chi connectivity index (χ3v) is 4.64. The van der Waals surface area contributed by atoms with Crippen LogP contribution in [0.1, 0.15) is 16.1 Å². The van der Waals surface area contributed by atoms with Crippen molar-refractivity contribution in [2.75, 3.05) is 5.32 Å². The molecule has 0 aliphatic heterocycles. The van der Waals surface area contributed by atoms with Gasteiger partial charge in [0.1, 0.15) is 28.8 Å². The molecule has 1 N–H and O–H groups in total. The second kappa shape index (κ2) is 8.97. The lowest BCUT2D eigenvalue weighted by Crippen LogP contribution is -2.15. The van der Waals surface area contributed by atoms with Gasteiger partial charge in [0.25, 0.3) is 5.91 Å². The van der Waals surface area contributed by atoms with Gasteiger partial charge in [0.15, 0.2) is 5.69 Å². The Kier molecular flexibility index (Phi) is 5.95. The van der Waals surface area contributed by atoms with E-state index in [0.29, 0.717) is 16.5 Å². The van der Waals surface area contributed by atoms with Crippen molar-refractivity contribution in [2.24, 2.45) is 0 Å². The summed E-state index contributed by atoms with van der Waals surface area (Å²) >= 11 is 6.14. The summed E-state index contributed by atoms with van der Waals surface area (Å²) in [7, 11) is 0. The highest BCUT2D eigenvalue weighted by molar-refractivity contribution is 6.30. The predicted molar refractivity (Wildman–Crippen MR) is 114 cm³/mol. The normalized spacial score (nSPS) is 10.7. The van der Waals surface area contributed by atoms with Crippen LogP contribution in [0, 0.1) is 11.6 Å². The van der Waals surface area contributed by atoms with Crippen LogP contribution in [-0.4, -0.2) is 15.7 Å². The number of nitrogens with zero attached hydrogens (tertiary/aromatic N) is 2. The van der Waals surface area contributed by atoms with E-state index in [1.165, 1.54) is 16.8 Å². The molecule has 0 bridgehead atoms. The average Bonchev–Trinajstić information content (AvgIpc) is 3.22. The lowest BCUT2D eigenvalue weighted by molar-refractivity contribution is 0.102. The van der Waals surface area contributed by atoms with Crippen molar-refractivity contribution < 1.29 is 18.3 Å². The maximum Gasteiger partial charge on any atom is 0.276 e. The largest absolute Gasteiger partial charge is 0.457 e. The average molecular weight is 440 g/mol. The van der Waals surface area contributed by atoms with Crippen LogP contribution in [-0.2, 0) is 6.54 Å². The smallest absolute Gasteiger partial charge is 0.276 e. The van der Waals surface area contributed by atoms with Crippen LogP contribution >= 0.6 is 11.6 Å². The van der Waals surface area contributed by atoms with Gasteiger partial charge in [-0.3, -0.25) is 9.48 Å². The molecule has 0 spiro atoms. The lowest BCUT2D eigenvalue weighted by atomic mass is 10.2. The number of carbonyl (C=O) groups excluding carboxylic acids is 1. The van der Waals surface area contributed by atoms with Crippen LogP contribution in [0.3, 0.4) is 0 Å². The minimum absolute atomic E-state index is 0.00945. The number of rotatable bonds is 6. The Hall–Kier alpha value is -3.71. The Bertz CT molecular complexity index is 1210. The van der Waals surface area contributed by atoms with Crippen molar-refractivity contribution in [3.8, 4) is 11.5 Å². The topological polar surface area (TPSA) is 56.2 Å². The van der Waals surface area contributed by atoms with Gasteiger partial charge in [0, 0.05) is 16.8 Å². The molecule has 0 aliphatic carbocycles. The van der Waals surface area contributed by atoms with Crippen LogP contribution in [0.5, 0.6) is 11.5 Å². The van der Waals surface area contributed by atoms with E-state index in [1.807, 2.05) is 30.3 Å². The monoisotopic (exact) mass is 439 g/mol. The fourth-order valence-corrected chi connectivity index (χ4v) is 3.12. The first-order valence-corrected chi connectivity index (χ1v) is 9.67. The van der Waals surface area contributed by atoms with E-state index in [-0.39, 0.29) is 12.2 Å². The third-order valence-electron chi connectivity index (χ3n) is 4.40. The standard InChI is InChI=1S/C23H16ClF2N3O2/c24-16-9-10-21(31-17-5-2-1-3-6-17)15(13-16)14-29-12-11-20(28-29)23(30)27-22-18(25)7-4-8-19(22)26/h1-13H,14H2,(H,27,30). The van der Waals surface area contributed by atoms with Crippen LogP contribution < -0.4 is 10.1 Å². The molecule has 3 aromatic carbocycles. The Balaban J connectivity index is 1.52. The van der Waals surface area contributed by atoms with E-state index in [9.17, 15) is 13.6 Å².